The van der Waals surface area contributed by atoms with Crippen LogP contribution in [-0.2, 0) is 22.6 Å². The summed E-state index contributed by atoms with van der Waals surface area (Å²) in [7, 11) is 1.32. The number of amides is 1. The highest BCUT2D eigenvalue weighted by atomic mass is 16.5. The van der Waals surface area contributed by atoms with Crippen LogP contribution in [0.2, 0.25) is 0 Å². The minimum atomic E-state index is -0.509. The van der Waals surface area contributed by atoms with Gasteiger partial charge in [0.2, 0.25) is 0 Å². The highest BCUT2D eigenvalue weighted by Gasteiger charge is 2.22. The summed E-state index contributed by atoms with van der Waals surface area (Å²) in [5.41, 5.74) is 4.70. The molecule has 0 fully saturated rings. The van der Waals surface area contributed by atoms with Crippen LogP contribution in [0.25, 0.3) is 11.1 Å². The van der Waals surface area contributed by atoms with E-state index < -0.39 is 6.09 Å². The van der Waals surface area contributed by atoms with Gasteiger partial charge in [0.15, 0.2) is 0 Å². The van der Waals surface area contributed by atoms with Crippen molar-refractivity contribution in [1.82, 2.24) is 10.2 Å². The molecule has 6 heteroatoms. The predicted octanol–water partition coefficient (Wildman–Crippen LogP) is 3.37. The van der Waals surface area contributed by atoms with E-state index in [1.165, 1.54) is 18.2 Å². The average molecular weight is 353 g/mol. The molecule has 0 bridgehead atoms. The van der Waals surface area contributed by atoms with Crippen LogP contribution in [-0.4, -0.2) is 36.8 Å². The van der Waals surface area contributed by atoms with Crippen LogP contribution < -0.4 is 5.32 Å². The van der Waals surface area contributed by atoms with E-state index in [1.807, 2.05) is 29.2 Å². The van der Waals surface area contributed by atoms with Gasteiger partial charge in [-0.3, -0.25) is 5.41 Å². The topological polar surface area (TPSA) is 74.6 Å². The second-order valence-corrected chi connectivity index (χ2v) is 6.32. The fourth-order valence-electron chi connectivity index (χ4n) is 3.05. The van der Waals surface area contributed by atoms with Gasteiger partial charge in [-0.1, -0.05) is 48.5 Å². The van der Waals surface area contributed by atoms with Gasteiger partial charge in [-0.05, 0) is 29.2 Å². The standard InChI is InChI=1S/C20H23N3O3/c1-14(22-20(24)25-2)13-26-19(21)23-11-15-7-3-5-9-17(15)18-10-6-4-8-16(18)12-23/h3-10,14,21H,11-13H2,1-2H3,(H,22,24). The van der Waals surface area contributed by atoms with E-state index in [0.717, 1.165) is 11.1 Å². The number of alkyl carbamates (subject to hydrolysis) is 1. The lowest BCUT2D eigenvalue weighted by Gasteiger charge is -2.24. The summed E-state index contributed by atoms with van der Waals surface area (Å²) in [6.07, 6.45) is -0.509. The average Bonchev–Trinajstić information content (AvgIpc) is 2.83. The van der Waals surface area contributed by atoms with E-state index >= 15 is 0 Å². The Hall–Kier alpha value is -3.02. The molecule has 0 aliphatic carbocycles. The molecule has 0 radical (unpaired) electrons. The minimum Gasteiger partial charge on any atom is -0.463 e. The molecule has 6 nitrogen and oxygen atoms in total. The molecule has 1 aliphatic heterocycles. The van der Waals surface area contributed by atoms with Gasteiger partial charge in [-0.2, -0.15) is 0 Å². The zero-order valence-corrected chi connectivity index (χ0v) is 15.0. The summed E-state index contributed by atoms with van der Waals surface area (Å²) in [5.74, 6) is 0. The summed E-state index contributed by atoms with van der Waals surface area (Å²) in [6, 6.07) is 16.3. The molecule has 1 amide bonds. The van der Waals surface area contributed by atoms with Crippen LogP contribution in [0.1, 0.15) is 18.1 Å². The third kappa shape index (κ3) is 3.96. The number of nitrogens with one attached hydrogen (secondary N) is 2. The molecule has 2 aromatic carbocycles. The van der Waals surface area contributed by atoms with Crippen molar-refractivity contribution >= 4 is 12.1 Å². The highest BCUT2D eigenvalue weighted by molar-refractivity contribution is 5.76. The number of methoxy groups -OCH3 is 1. The third-order valence-electron chi connectivity index (χ3n) is 4.35. The molecular weight excluding hydrogens is 330 g/mol. The Morgan fingerprint density at radius 1 is 1.12 bits per heavy atom. The van der Waals surface area contributed by atoms with Crippen LogP contribution in [0, 0.1) is 5.41 Å². The van der Waals surface area contributed by atoms with Crippen molar-refractivity contribution < 1.29 is 14.3 Å². The van der Waals surface area contributed by atoms with Gasteiger partial charge in [-0.15, -0.1) is 0 Å². The molecule has 1 heterocycles. The van der Waals surface area contributed by atoms with Crippen molar-refractivity contribution in [3.63, 3.8) is 0 Å². The first-order valence-corrected chi connectivity index (χ1v) is 8.55. The quantitative estimate of drug-likeness (QED) is 0.655. The number of amidine groups is 1. The number of carbonyl (C=O) groups is 1. The third-order valence-corrected chi connectivity index (χ3v) is 4.35. The first-order chi connectivity index (χ1) is 12.6. The second kappa shape index (κ2) is 7.91. The summed E-state index contributed by atoms with van der Waals surface area (Å²) in [5, 5.41) is 11.0. The van der Waals surface area contributed by atoms with E-state index in [0.29, 0.717) is 13.1 Å². The van der Waals surface area contributed by atoms with E-state index in [1.54, 1.807) is 6.92 Å². The maximum atomic E-state index is 11.2. The van der Waals surface area contributed by atoms with Crippen molar-refractivity contribution in [2.24, 2.45) is 0 Å². The van der Waals surface area contributed by atoms with Crippen LogP contribution >= 0.6 is 0 Å². The van der Waals surface area contributed by atoms with Gasteiger partial charge < -0.3 is 19.7 Å². The molecule has 2 N–H and O–H groups in total. The second-order valence-electron chi connectivity index (χ2n) is 6.32. The number of fused-ring (bicyclic) bond motifs is 3. The molecule has 3 rings (SSSR count). The van der Waals surface area contributed by atoms with Gasteiger partial charge in [-0.25, -0.2) is 4.79 Å². The summed E-state index contributed by atoms with van der Waals surface area (Å²) < 4.78 is 10.2. The normalized spacial score (nSPS) is 13.7. The maximum absolute atomic E-state index is 11.2. The first kappa shape index (κ1) is 17.8. The zero-order valence-electron chi connectivity index (χ0n) is 15.0. The highest BCUT2D eigenvalue weighted by Crippen LogP contribution is 2.32. The summed E-state index contributed by atoms with van der Waals surface area (Å²) in [6.45, 7) is 3.20. The lowest BCUT2D eigenvalue weighted by atomic mass is 9.97. The van der Waals surface area contributed by atoms with Crippen molar-refractivity contribution in [3.05, 3.63) is 59.7 Å². The van der Waals surface area contributed by atoms with Gasteiger partial charge in [0.1, 0.15) is 6.61 Å². The maximum Gasteiger partial charge on any atom is 0.407 e. The van der Waals surface area contributed by atoms with Gasteiger partial charge in [0.05, 0.1) is 13.2 Å². The molecule has 0 saturated carbocycles. The SMILES string of the molecule is COC(=O)NC(C)COC(=N)N1Cc2ccccc2-c2ccccc2C1. The number of hydrogen-bond acceptors (Lipinski definition) is 4. The summed E-state index contributed by atoms with van der Waals surface area (Å²) >= 11 is 0. The van der Waals surface area contributed by atoms with E-state index in [9.17, 15) is 4.79 Å². The molecule has 136 valence electrons. The number of rotatable bonds is 3. The Balaban J connectivity index is 1.74. The fourth-order valence-corrected chi connectivity index (χ4v) is 3.05. The molecule has 2 aromatic rings. The first-order valence-electron chi connectivity index (χ1n) is 8.55. The minimum absolute atomic E-state index is 0.0926. The van der Waals surface area contributed by atoms with E-state index in [4.69, 9.17) is 10.1 Å². The lowest BCUT2D eigenvalue weighted by molar-refractivity contribution is 0.154. The molecule has 1 unspecified atom stereocenters. The number of carbonyl (C=O) groups excluding carboxylic acids is 1. The Morgan fingerprint density at radius 2 is 1.65 bits per heavy atom. The van der Waals surface area contributed by atoms with Crippen molar-refractivity contribution in [3.8, 4) is 11.1 Å². The Kier molecular flexibility index (Phi) is 5.41. The van der Waals surface area contributed by atoms with Crippen LogP contribution in [0.4, 0.5) is 4.79 Å². The molecule has 1 aliphatic rings. The van der Waals surface area contributed by atoms with Crippen LogP contribution in [0.15, 0.2) is 48.5 Å². The Labute approximate surface area is 153 Å². The zero-order chi connectivity index (χ0) is 18.5. The monoisotopic (exact) mass is 353 g/mol. The number of nitrogens with zero attached hydrogens (tertiary/aromatic N) is 1. The van der Waals surface area contributed by atoms with Gasteiger partial charge in [0.25, 0.3) is 6.02 Å². The van der Waals surface area contributed by atoms with Crippen molar-refractivity contribution in [2.45, 2.75) is 26.1 Å². The predicted molar refractivity (Wildman–Crippen MR) is 99.8 cm³/mol. The number of ether oxygens (including phenoxy) is 2. The smallest absolute Gasteiger partial charge is 0.407 e. The number of benzene rings is 2. The number of hydrogen-bond donors (Lipinski definition) is 2. The molecular formula is C20H23N3O3. The molecule has 0 saturated heterocycles. The molecule has 26 heavy (non-hydrogen) atoms. The van der Waals surface area contributed by atoms with E-state index in [2.05, 4.69) is 34.3 Å². The van der Waals surface area contributed by atoms with Gasteiger partial charge in [0, 0.05) is 13.1 Å². The van der Waals surface area contributed by atoms with Crippen molar-refractivity contribution in [2.75, 3.05) is 13.7 Å². The molecule has 0 aromatic heterocycles. The Bertz CT molecular complexity index is 759. The Morgan fingerprint density at radius 3 is 2.19 bits per heavy atom. The summed E-state index contributed by atoms with van der Waals surface area (Å²) in [4.78, 5) is 13.1. The van der Waals surface area contributed by atoms with Crippen LogP contribution in [0.5, 0.6) is 0 Å². The van der Waals surface area contributed by atoms with Gasteiger partial charge >= 0.3 is 6.09 Å². The largest absolute Gasteiger partial charge is 0.463 e. The fraction of sp³-hybridized carbons (Fsp3) is 0.300. The molecule has 1 atom stereocenters. The molecule has 0 spiro atoms. The van der Waals surface area contributed by atoms with Crippen LogP contribution in [0.3, 0.4) is 0 Å². The lowest BCUT2D eigenvalue weighted by Crippen LogP contribution is -2.39. The van der Waals surface area contributed by atoms with Crippen molar-refractivity contribution in [1.29, 1.82) is 5.41 Å². The van der Waals surface area contributed by atoms with E-state index in [-0.39, 0.29) is 18.7 Å².